The topological polar surface area (TPSA) is 23.1 Å². The molecule has 0 saturated carbocycles. The Morgan fingerprint density at radius 3 is 2.20 bits per heavy atom. The van der Waals surface area contributed by atoms with E-state index in [0.717, 1.165) is 0 Å². The fourth-order valence-corrected chi connectivity index (χ4v) is 0. The average molecular weight is 224 g/mol. The van der Waals surface area contributed by atoms with Gasteiger partial charge >= 0.3 is 0 Å². The molecule has 0 spiro atoms. The molecule has 5 heavy (non-hydrogen) atoms. The molecule has 0 heterocycles. The van der Waals surface area contributed by atoms with Crippen molar-refractivity contribution in [3.8, 4) is 0 Å². The Morgan fingerprint density at radius 2 is 2.20 bits per heavy atom. The van der Waals surface area contributed by atoms with Gasteiger partial charge < -0.3 is 4.55 Å². The van der Waals surface area contributed by atoms with Crippen LogP contribution >= 0.6 is 33.3 Å². The molecule has 0 aromatic carbocycles. The SMILES string of the molecule is [O-][S+](Cl)CI. The Kier molecular flexibility index (Phi) is 4.45. The second-order valence-electron chi connectivity index (χ2n) is 0.399. The molecule has 0 N–H and O–H groups in total. The fraction of sp³-hybridized carbons (Fsp3) is 1.00. The molecule has 0 aliphatic carbocycles. The molecule has 1 nitrogen and oxygen atoms in total. The molecular formula is CH2ClIOS. The van der Waals surface area contributed by atoms with Crippen LogP contribution in [0.3, 0.4) is 0 Å². The second-order valence-corrected chi connectivity index (χ2v) is 4.10. The summed E-state index contributed by atoms with van der Waals surface area (Å²) in [4.78, 5) is 0. The molecule has 32 valence electrons. The standard InChI is InChI=1S/CH2ClIOS/c2-5(4)1-3/h1H2. The van der Waals surface area contributed by atoms with Crippen molar-refractivity contribution in [3.63, 3.8) is 0 Å². The first-order chi connectivity index (χ1) is 2.27. The maximum Gasteiger partial charge on any atom is 0.175 e. The molecular weight excluding hydrogens is 222 g/mol. The van der Waals surface area contributed by atoms with Gasteiger partial charge in [-0.1, -0.05) is 0 Å². The van der Waals surface area contributed by atoms with Gasteiger partial charge in [0.05, 0.1) is 10.4 Å². The van der Waals surface area contributed by atoms with E-state index in [9.17, 15) is 4.55 Å². The van der Waals surface area contributed by atoms with Crippen LogP contribution in [-0.4, -0.2) is 8.31 Å². The molecule has 0 saturated heterocycles. The molecule has 0 radical (unpaired) electrons. The lowest BCUT2D eigenvalue weighted by molar-refractivity contribution is 0.613. The summed E-state index contributed by atoms with van der Waals surface area (Å²) in [7, 11) is 3.81. The van der Waals surface area contributed by atoms with Gasteiger partial charge in [-0.2, -0.15) is 0 Å². The first-order valence-corrected chi connectivity index (χ1v) is 4.55. The Morgan fingerprint density at radius 1 is 2.00 bits per heavy atom. The molecule has 4 heteroatoms. The second kappa shape index (κ2) is 3.52. The molecule has 1 atom stereocenters. The van der Waals surface area contributed by atoms with E-state index in [-0.39, 0.29) is 0 Å². The quantitative estimate of drug-likeness (QED) is 0.374. The van der Waals surface area contributed by atoms with Crippen molar-refractivity contribution >= 4 is 43.7 Å². The van der Waals surface area contributed by atoms with Crippen LogP contribution in [0.4, 0.5) is 0 Å². The molecule has 1 unspecified atom stereocenters. The third-order valence-electron chi connectivity index (χ3n) is 0.0858. The number of rotatable bonds is 1. The number of halogens is 2. The fourth-order valence-electron chi connectivity index (χ4n) is 0. The summed E-state index contributed by atoms with van der Waals surface area (Å²) < 4.78 is 10.2. The van der Waals surface area contributed by atoms with E-state index in [1.54, 1.807) is 0 Å². The van der Waals surface area contributed by atoms with E-state index in [0.29, 0.717) is 3.76 Å². The lowest BCUT2D eigenvalue weighted by atomic mass is 12.0. The normalized spacial score (nSPS) is 15.0. The minimum Gasteiger partial charge on any atom is -0.599 e. The Labute approximate surface area is 51.9 Å². The Balaban J connectivity index is 2.54. The lowest BCUT2D eigenvalue weighted by Crippen LogP contribution is -1.84. The molecule has 0 aromatic heterocycles. The van der Waals surface area contributed by atoms with Crippen LogP contribution < -0.4 is 0 Å². The third-order valence-corrected chi connectivity index (χ3v) is 3.39. The predicted molar refractivity (Wildman–Crippen MR) is 32.9 cm³/mol. The summed E-state index contributed by atoms with van der Waals surface area (Å²) in [5.41, 5.74) is 0. The van der Waals surface area contributed by atoms with Crippen molar-refractivity contribution in [3.05, 3.63) is 0 Å². The molecule has 0 bridgehead atoms. The molecule has 0 fully saturated rings. The van der Waals surface area contributed by atoms with Gasteiger partial charge in [0.25, 0.3) is 0 Å². The maximum atomic E-state index is 9.68. The third kappa shape index (κ3) is 5.33. The van der Waals surface area contributed by atoms with E-state index in [1.165, 1.54) is 0 Å². The molecule has 0 aromatic rings. The van der Waals surface area contributed by atoms with Gasteiger partial charge in [-0.15, -0.1) is 0 Å². The van der Waals surface area contributed by atoms with Gasteiger partial charge in [0.1, 0.15) is 0 Å². The molecule has 0 aliphatic heterocycles. The monoisotopic (exact) mass is 224 g/mol. The van der Waals surface area contributed by atoms with Crippen LogP contribution in [-0.2, 0) is 10.4 Å². The largest absolute Gasteiger partial charge is 0.599 e. The van der Waals surface area contributed by atoms with Crippen LogP contribution in [0.2, 0.25) is 0 Å². The highest BCUT2D eigenvalue weighted by Crippen LogP contribution is 1.99. The van der Waals surface area contributed by atoms with Gasteiger partial charge in [-0.05, 0) is 22.6 Å². The van der Waals surface area contributed by atoms with Crippen molar-refractivity contribution < 1.29 is 4.55 Å². The van der Waals surface area contributed by atoms with Crippen molar-refractivity contribution in [1.82, 2.24) is 0 Å². The summed E-state index contributed by atoms with van der Waals surface area (Å²) in [6.45, 7) is 0. The van der Waals surface area contributed by atoms with Crippen LogP contribution in [0.15, 0.2) is 0 Å². The lowest BCUT2D eigenvalue weighted by Gasteiger charge is -1.87. The highest BCUT2D eigenvalue weighted by Gasteiger charge is 1.90. The van der Waals surface area contributed by atoms with E-state index in [2.05, 4.69) is 0 Å². The summed E-state index contributed by atoms with van der Waals surface area (Å²) >= 11 is 1.95. The van der Waals surface area contributed by atoms with Gasteiger partial charge in [-0.3, -0.25) is 0 Å². The summed E-state index contributed by atoms with van der Waals surface area (Å²) in [6.07, 6.45) is 0. The maximum absolute atomic E-state index is 9.68. The van der Waals surface area contributed by atoms with Crippen LogP contribution in [0, 0.1) is 0 Å². The van der Waals surface area contributed by atoms with Crippen LogP contribution in [0.5, 0.6) is 0 Å². The molecule has 0 amide bonds. The zero-order chi connectivity index (χ0) is 4.28. The van der Waals surface area contributed by atoms with E-state index >= 15 is 0 Å². The van der Waals surface area contributed by atoms with Gasteiger partial charge in [0.2, 0.25) is 0 Å². The molecule has 0 aliphatic rings. The minimum atomic E-state index is -1.11. The highest BCUT2D eigenvalue weighted by molar-refractivity contribution is 14.1. The average Bonchev–Trinajstić information content (AvgIpc) is 1.38. The van der Waals surface area contributed by atoms with E-state index in [1.807, 2.05) is 22.6 Å². The van der Waals surface area contributed by atoms with Crippen molar-refractivity contribution in [2.24, 2.45) is 0 Å². The van der Waals surface area contributed by atoms with E-state index in [4.69, 9.17) is 10.7 Å². The zero-order valence-corrected chi connectivity index (χ0v) is 6.01. The molecule has 0 rings (SSSR count). The predicted octanol–water partition coefficient (Wildman–Crippen LogP) is 1.28. The number of alkyl halides is 1. The highest BCUT2D eigenvalue weighted by atomic mass is 127. The van der Waals surface area contributed by atoms with Crippen molar-refractivity contribution in [1.29, 1.82) is 0 Å². The summed E-state index contributed by atoms with van der Waals surface area (Å²) in [5.74, 6) is 0. The van der Waals surface area contributed by atoms with Gasteiger partial charge in [0, 0.05) is 0 Å². The van der Waals surface area contributed by atoms with Crippen molar-refractivity contribution in [2.75, 3.05) is 3.76 Å². The summed E-state index contributed by atoms with van der Waals surface area (Å²) in [6, 6.07) is 0. The van der Waals surface area contributed by atoms with Gasteiger partial charge in [0.15, 0.2) is 14.4 Å². The Hall–Kier alpha value is 1.33. The van der Waals surface area contributed by atoms with Crippen LogP contribution in [0.25, 0.3) is 0 Å². The zero-order valence-electron chi connectivity index (χ0n) is 2.28. The Bertz CT molecular complexity index is 25.6. The van der Waals surface area contributed by atoms with Crippen molar-refractivity contribution in [2.45, 2.75) is 0 Å². The number of hydrogen-bond acceptors (Lipinski definition) is 1. The number of hydrogen-bond donors (Lipinski definition) is 0. The van der Waals surface area contributed by atoms with Crippen LogP contribution in [0.1, 0.15) is 0 Å². The first-order valence-electron chi connectivity index (χ1n) is 0.877. The van der Waals surface area contributed by atoms with E-state index < -0.39 is 10.4 Å². The minimum absolute atomic E-state index is 0.513. The first kappa shape index (κ1) is 6.33. The van der Waals surface area contributed by atoms with Gasteiger partial charge in [-0.25, -0.2) is 0 Å². The summed E-state index contributed by atoms with van der Waals surface area (Å²) in [5, 5.41) is 0. The smallest absolute Gasteiger partial charge is 0.175 e.